The van der Waals surface area contributed by atoms with Crippen LogP contribution in [-0.2, 0) is 16.1 Å². The normalized spacial score (nSPS) is 15.6. The third-order valence-corrected chi connectivity index (χ3v) is 3.14. The van der Waals surface area contributed by atoms with Gasteiger partial charge in [-0.15, -0.1) is 0 Å². The molecular formula is C18H15NO3. The van der Waals surface area contributed by atoms with Crippen molar-refractivity contribution in [2.45, 2.75) is 13.5 Å². The standard InChI is InChI=1S/C18H15NO3/c1-13-19-17(18(20)22-13)11-15-8-5-9-16(10-15)21-12-14-6-3-2-4-7-14/h2-11H,12H2,1H3/b17-11-. The second-order valence-corrected chi connectivity index (χ2v) is 4.90. The fraction of sp³-hybridized carbons (Fsp3) is 0.111. The molecule has 0 aromatic heterocycles. The third kappa shape index (κ3) is 3.41. The lowest BCUT2D eigenvalue weighted by atomic mass is 10.2. The number of hydrogen-bond donors (Lipinski definition) is 0. The molecule has 2 aromatic carbocycles. The monoisotopic (exact) mass is 293 g/mol. The molecule has 2 aromatic rings. The highest BCUT2D eigenvalue weighted by Crippen LogP contribution is 2.20. The van der Waals surface area contributed by atoms with Crippen LogP contribution in [0.3, 0.4) is 0 Å². The van der Waals surface area contributed by atoms with E-state index >= 15 is 0 Å². The van der Waals surface area contributed by atoms with Crippen LogP contribution < -0.4 is 4.74 Å². The number of nitrogens with zero attached hydrogens (tertiary/aromatic N) is 1. The summed E-state index contributed by atoms with van der Waals surface area (Å²) >= 11 is 0. The number of ether oxygens (including phenoxy) is 2. The van der Waals surface area contributed by atoms with Crippen molar-refractivity contribution in [2.75, 3.05) is 0 Å². The SMILES string of the molecule is CC1=N/C(=C\c2cccc(OCc3ccccc3)c2)C(=O)O1. The first kappa shape index (κ1) is 14.1. The van der Waals surface area contributed by atoms with Crippen molar-refractivity contribution in [3.05, 3.63) is 71.4 Å². The van der Waals surface area contributed by atoms with E-state index in [9.17, 15) is 4.79 Å². The maximum atomic E-state index is 11.5. The molecule has 1 aliphatic rings. The minimum absolute atomic E-state index is 0.303. The van der Waals surface area contributed by atoms with Crippen molar-refractivity contribution in [3.63, 3.8) is 0 Å². The zero-order valence-corrected chi connectivity index (χ0v) is 12.2. The van der Waals surface area contributed by atoms with Gasteiger partial charge in [0.1, 0.15) is 12.4 Å². The van der Waals surface area contributed by atoms with E-state index in [1.165, 1.54) is 0 Å². The Labute approximate surface area is 128 Å². The van der Waals surface area contributed by atoms with Crippen molar-refractivity contribution < 1.29 is 14.3 Å². The molecule has 4 heteroatoms. The van der Waals surface area contributed by atoms with E-state index in [1.54, 1.807) is 13.0 Å². The van der Waals surface area contributed by atoms with Gasteiger partial charge in [-0.25, -0.2) is 9.79 Å². The Morgan fingerprint density at radius 1 is 1.14 bits per heavy atom. The van der Waals surface area contributed by atoms with E-state index in [2.05, 4.69) is 4.99 Å². The van der Waals surface area contributed by atoms with Crippen molar-refractivity contribution >= 4 is 17.9 Å². The van der Waals surface area contributed by atoms with Crippen molar-refractivity contribution in [1.29, 1.82) is 0 Å². The van der Waals surface area contributed by atoms with E-state index < -0.39 is 5.97 Å². The summed E-state index contributed by atoms with van der Waals surface area (Å²) in [6, 6.07) is 17.5. The Hall–Kier alpha value is -2.88. The third-order valence-electron chi connectivity index (χ3n) is 3.14. The fourth-order valence-electron chi connectivity index (χ4n) is 2.11. The van der Waals surface area contributed by atoms with Gasteiger partial charge >= 0.3 is 5.97 Å². The Kier molecular flexibility index (Phi) is 4.01. The molecule has 1 heterocycles. The topological polar surface area (TPSA) is 47.9 Å². The molecule has 0 atom stereocenters. The van der Waals surface area contributed by atoms with Crippen LogP contribution in [0.5, 0.6) is 5.75 Å². The quantitative estimate of drug-likeness (QED) is 0.639. The molecule has 4 nitrogen and oxygen atoms in total. The largest absolute Gasteiger partial charge is 0.489 e. The first-order chi connectivity index (χ1) is 10.7. The summed E-state index contributed by atoms with van der Waals surface area (Å²) in [5.41, 5.74) is 2.25. The Morgan fingerprint density at radius 2 is 1.95 bits per heavy atom. The summed E-state index contributed by atoms with van der Waals surface area (Å²) in [5.74, 6) is 0.686. The summed E-state index contributed by atoms with van der Waals surface area (Å²) < 4.78 is 10.7. The lowest BCUT2D eigenvalue weighted by Crippen LogP contribution is -1.99. The highest BCUT2D eigenvalue weighted by molar-refractivity contribution is 6.06. The predicted octanol–water partition coefficient (Wildman–Crippen LogP) is 3.58. The number of aliphatic imine (C=N–C) groups is 1. The second kappa shape index (κ2) is 6.26. The molecule has 0 saturated carbocycles. The number of carbonyl (C=O) groups is 1. The average molecular weight is 293 g/mol. The fourth-order valence-corrected chi connectivity index (χ4v) is 2.11. The van der Waals surface area contributed by atoms with Gasteiger partial charge in [0, 0.05) is 6.92 Å². The zero-order valence-electron chi connectivity index (χ0n) is 12.2. The van der Waals surface area contributed by atoms with Gasteiger partial charge in [0.05, 0.1) is 0 Å². The van der Waals surface area contributed by atoms with Gasteiger partial charge in [0.2, 0.25) is 0 Å². The van der Waals surface area contributed by atoms with Gasteiger partial charge in [-0.3, -0.25) is 0 Å². The van der Waals surface area contributed by atoms with Crippen molar-refractivity contribution in [3.8, 4) is 5.75 Å². The van der Waals surface area contributed by atoms with Crippen molar-refractivity contribution in [1.82, 2.24) is 0 Å². The predicted molar refractivity (Wildman–Crippen MR) is 84.4 cm³/mol. The maximum absolute atomic E-state index is 11.5. The summed E-state index contributed by atoms with van der Waals surface area (Å²) in [4.78, 5) is 15.6. The molecule has 0 spiro atoms. The van der Waals surface area contributed by atoms with Gasteiger partial charge in [-0.05, 0) is 29.3 Å². The second-order valence-electron chi connectivity index (χ2n) is 4.90. The van der Waals surface area contributed by atoms with Crippen LogP contribution in [0.1, 0.15) is 18.1 Å². The van der Waals surface area contributed by atoms with Crippen LogP contribution >= 0.6 is 0 Å². The minimum atomic E-state index is -0.423. The molecule has 22 heavy (non-hydrogen) atoms. The first-order valence-corrected chi connectivity index (χ1v) is 6.97. The lowest BCUT2D eigenvalue weighted by Gasteiger charge is -2.07. The number of rotatable bonds is 4. The molecular weight excluding hydrogens is 278 g/mol. The minimum Gasteiger partial charge on any atom is -0.489 e. The van der Waals surface area contributed by atoms with Gasteiger partial charge in [-0.1, -0.05) is 42.5 Å². The van der Waals surface area contributed by atoms with Gasteiger partial charge in [0.15, 0.2) is 11.6 Å². The van der Waals surface area contributed by atoms with E-state index in [-0.39, 0.29) is 0 Å². The first-order valence-electron chi connectivity index (χ1n) is 6.97. The van der Waals surface area contributed by atoms with E-state index in [0.29, 0.717) is 18.2 Å². The average Bonchev–Trinajstić information content (AvgIpc) is 2.84. The Morgan fingerprint density at radius 3 is 2.68 bits per heavy atom. The van der Waals surface area contributed by atoms with Gasteiger partial charge in [0.25, 0.3) is 0 Å². The number of carbonyl (C=O) groups excluding carboxylic acids is 1. The molecule has 0 N–H and O–H groups in total. The van der Waals surface area contributed by atoms with E-state index in [4.69, 9.17) is 9.47 Å². The Bertz CT molecular complexity index is 748. The van der Waals surface area contributed by atoms with Gasteiger partial charge < -0.3 is 9.47 Å². The number of hydrogen-bond acceptors (Lipinski definition) is 4. The van der Waals surface area contributed by atoms with Crippen LogP contribution in [-0.4, -0.2) is 11.9 Å². The van der Waals surface area contributed by atoms with Gasteiger partial charge in [-0.2, -0.15) is 0 Å². The Balaban J connectivity index is 1.73. The molecule has 1 aliphatic heterocycles. The smallest absolute Gasteiger partial charge is 0.363 e. The molecule has 0 unspecified atom stereocenters. The molecule has 0 aliphatic carbocycles. The molecule has 0 saturated heterocycles. The van der Waals surface area contributed by atoms with E-state index in [0.717, 1.165) is 16.9 Å². The lowest BCUT2D eigenvalue weighted by molar-refractivity contribution is -0.130. The zero-order chi connectivity index (χ0) is 15.4. The summed E-state index contributed by atoms with van der Waals surface area (Å²) in [5, 5.41) is 0. The maximum Gasteiger partial charge on any atom is 0.363 e. The van der Waals surface area contributed by atoms with Crippen LogP contribution in [0.2, 0.25) is 0 Å². The van der Waals surface area contributed by atoms with Crippen LogP contribution in [0.4, 0.5) is 0 Å². The molecule has 0 amide bonds. The van der Waals surface area contributed by atoms with Crippen LogP contribution in [0.25, 0.3) is 6.08 Å². The molecule has 0 radical (unpaired) electrons. The highest BCUT2D eigenvalue weighted by atomic mass is 16.6. The number of benzene rings is 2. The van der Waals surface area contributed by atoms with E-state index in [1.807, 2.05) is 54.6 Å². The summed E-state index contributed by atoms with van der Waals surface area (Å²) in [6.07, 6.45) is 1.69. The highest BCUT2D eigenvalue weighted by Gasteiger charge is 2.19. The summed E-state index contributed by atoms with van der Waals surface area (Å²) in [7, 11) is 0. The van der Waals surface area contributed by atoms with Crippen LogP contribution in [0.15, 0.2) is 65.3 Å². The number of esters is 1. The summed E-state index contributed by atoms with van der Waals surface area (Å²) in [6.45, 7) is 2.15. The van der Waals surface area contributed by atoms with Crippen LogP contribution in [0, 0.1) is 0 Å². The molecule has 0 fully saturated rings. The molecule has 0 bridgehead atoms. The number of cyclic esters (lactones) is 1. The van der Waals surface area contributed by atoms with Crippen molar-refractivity contribution in [2.24, 2.45) is 4.99 Å². The molecule has 3 rings (SSSR count). The molecule has 110 valence electrons.